The van der Waals surface area contributed by atoms with Crippen molar-refractivity contribution in [3.8, 4) is 0 Å². The van der Waals surface area contributed by atoms with Crippen LogP contribution in [0.3, 0.4) is 0 Å². The first kappa shape index (κ1) is 14.8. The molecule has 1 heterocycles. The van der Waals surface area contributed by atoms with Crippen LogP contribution in [0.1, 0.15) is 44.2 Å². The van der Waals surface area contributed by atoms with Gasteiger partial charge >= 0.3 is 0 Å². The van der Waals surface area contributed by atoms with Crippen LogP contribution in [0, 0.1) is 13.8 Å². The van der Waals surface area contributed by atoms with Crippen molar-refractivity contribution < 1.29 is 4.79 Å². The monoisotopic (exact) mass is 288 g/mol. The van der Waals surface area contributed by atoms with Crippen LogP contribution in [-0.4, -0.2) is 5.91 Å². The molecule has 1 amide bonds. The first-order valence-corrected chi connectivity index (χ1v) is 7.48. The fraction of sp³-hybridized carbons (Fsp3) is 0.312. The minimum atomic E-state index is -0.387. The standard InChI is InChI=1S/C16H20N2OS/c1-10-8-15(12(3)20-10)11(2)18-9-13-4-6-14(7-5-13)16(17)19/h4-8,11,18H,9H2,1-3H3,(H2,17,19). The first-order valence-electron chi connectivity index (χ1n) is 6.66. The number of hydrogen-bond acceptors (Lipinski definition) is 3. The Morgan fingerprint density at radius 3 is 2.45 bits per heavy atom. The van der Waals surface area contributed by atoms with E-state index in [2.05, 4.69) is 32.2 Å². The van der Waals surface area contributed by atoms with Crippen LogP contribution in [-0.2, 0) is 6.54 Å². The lowest BCUT2D eigenvalue weighted by atomic mass is 10.1. The highest BCUT2D eigenvalue weighted by Crippen LogP contribution is 2.26. The Labute approximate surface area is 123 Å². The zero-order valence-corrected chi connectivity index (χ0v) is 12.9. The third-order valence-corrected chi connectivity index (χ3v) is 4.38. The molecule has 0 saturated heterocycles. The van der Waals surface area contributed by atoms with Gasteiger partial charge in [-0.2, -0.15) is 0 Å². The number of hydrogen-bond donors (Lipinski definition) is 2. The molecule has 3 nitrogen and oxygen atoms in total. The predicted molar refractivity (Wildman–Crippen MR) is 84.0 cm³/mol. The third kappa shape index (κ3) is 3.46. The van der Waals surface area contributed by atoms with Gasteiger partial charge in [-0.3, -0.25) is 4.79 Å². The Morgan fingerprint density at radius 2 is 1.95 bits per heavy atom. The van der Waals surface area contributed by atoms with Crippen LogP contribution in [0.15, 0.2) is 30.3 Å². The highest BCUT2D eigenvalue weighted by atomic mass is 32.1. The fourth-order valence-electron chi connectivity index (χ4n) is 2.25. The van der Waals surface area contributed by atoms with Crippen molar-refractivity contribution in [2.75, 3.05) is 0 Å². The van der Waals surface area contributed by atoms with Crippen molar-refractivity contribution in [1.29, 1.82) is 0 Å². The average molecular weight is 288 g/mol. The molecule has 4 heteroatoms. The molecule has 0 saturated carbocycles. The molecule has 0 radical (unpaired) electrons. The zero-order chi connectivity index (χ0) is 14.7. The van der Waals surface area contributed by atoms with Crippen molar-refractivity contribution >= 4 is 17.2 Å². The summed E-state index contributed by atoms with van der Waals surface area (Å²) in [5.74, 6) is -0.387. The Balaban J connectivity index is 1.98. The number of aryl methyl sites for hydroxylation is 2. The second-order valence-corrected chi connectivity index (χ2v) is 6.49. The molecule has 1 unspecified atom stereocenters. The molecule has 0 aliphatic heterocycles. The lowest BCUT2D eigenvalue weighted by Crippen LogP contribution is -2.18. The van der Waals surface area contributed by atoms with E-state index in [9.17, 15) is 4.79 Å². The normalized spacial score (nSPS) is 12.3. The third-order valence-electron chi connectivity index (χ3n) is 3.40. The fourth-order valence-corrected chi connectivity index (χ4v) is 3.27. The van der Waals surface area contributed by atoms with E-state index in [4.69, 9.17) is 5.73 Å². The summed E-state index contributed by atoms with van der Waals surface area (Å²) in [6, 6.07) is 9.97. The van der Waals surface area contributed by atoms with E-state index in [-0.39, 0.29) is 5.91 Å². The summed E-state index contributed by atoms with van der Waals surface area (Å²) in [5.41, 5.74) is 8.28. The number of carbonyl (C=O) groups excluding carboxylic acids is 1. The van der Waals surface area contributed by atoms with Crippen LogP contribution in [0.5, 0.6) is 0 Å². The Kier molecular flexibility index (Phi) is 4.57. The highest BCUT2D eigenvalue weighted by Gasteiger charge is 2.10. The van der Waals surface area contributed by atoms with E-state index in [1.165, 1.54) is 15.3 Å². The number of amides is 1. The van der Waals surface area contributed by atoms with Crippen LogP contribution < -0.4 is 11.1 Å². The minimum Gasteiger partial charge on any atom is -0.366 e. The maximum absolute atomic E-state index is 11.0. The highest BCUT2D eigenvalue weighted by molar-refractivity contribution is 7.12. The molecular formula is C16H20N2OS. The van der Waals surface area contributed by atoms with E-state index in [1.807, 2.05) is 23.5 Å². The van der Waals surface area contributed by atoms with Crippen molar-refractivity contribution in [1.82, 2.24) is 5.32 Å². The van der Waals surface area contributed by atoms with Crippen LogP contribution >= 0.6 is 11.3 Å². The Bertz CT molecular complexity index is 601. The Hall–Kier alpha value is -1.65. The van der Waals surface area contributed by atoms with E-state index in [0.717, 1.165) is 12.1 Å². The molecule has 0 fully saturated rings. The number of thiophene rings is 1. The van der Waals surface area contributed by atoms with Gasteiger partial charge in [0.1, 0.15) is 0 Å². The summed E-state index contributed by atoms with van der Waals surface area (Å²) in [7, 11) is 0. The Morgan fingerprint density at radius 1 is 1.30 bits per heavy atom. The van der Waals surface area contributed by atoms with Crippen LogP contribution in [0.2, 0.25) is 0 Å². The lowest BCUT2D eigenvalue weighted by Gasteiger charge is -2.14. The van der Waals surface area contributed by atoms with Crippen LogP contribution in [0.25, 0.3) is 0 Å². The average Bonchev–Trinajstić information content (AvgIpc) is 2.75. The molecule has 0 bridgehead atoms. The number of carbonyl (C=O) groups is 1. The topological polar surface area (TPSA) is 55.1 Å². The van der Waals surface area contributed by atoms with Crippen molar-refractivity contribution in [2.24, 2.45) is 5.73 Å². The molecule has 2 rings (SSSR count). The summed E-state index contributed by atoms with van der Waals surface area (Å²) in [5, 5.41) is 3.51. The van der Waals surface area contributed by atoms with E-state index in [1.54, 1.807) is 12.1 Å². The number of rotatable bonds is 5. The molecule has 0 aliphatic rings. The van der Waals surface area contributed by atoms with Gasteiger partial charge in [-0.15, -0.1) is 11.3 Å². The van der Waals surface area contributed by atoms with E-state index in [0.29, 0.717) is 11.6 Å². The van der Waals surface area contributed by atoms with Gasteiger partial charge in [-0.05, 0) is 50.1 Å². The molecule has 2 aromatic rings. The van der Waals surface area contributed by atoms with E-state index < -0.39 is 0 Å². The van der Waals surface area contributed by atoms with Gasteiger partial charge in [-0.1, -0.05) is 12.1 Å². The predicted octanol–water partition coefficient (Wildman–Crippen LogP) is 3.31. The summed E-state index contributed by atoms with van der Waals surface area (Å²) >= 11 is 1.83. The molecule has 1 aromatic carbocycles. The molecular weight excluding hydrogens is 268 g/mol. The molecule has 0 spiro atoms. The molecule has 106 valence electrons. The van der Waals surface area contributed by atoms with E-state index >= 15 is 0 Å². The summed E-state index contributed by atoms with van der Waals surface area (Å²) in [6.07, 6.45) is 0. The smallest absolute Gasteiger partial charge is 0.248 e. The van der Waals surface area contributed by atoms with Crippen LogP contribution in [0.4, 0.5) is 0 Å². The maximum Gasteiger partial charge on any atom is 0.248 e. The number of nitrogens with one attached hydrogen (secondary N) is 1. The molecule has 20 heavy (non-hydrogen) atoms. The molecule has 1 atom stereocenters. The van der Waals surface area contributed by atoms with Gasteiger partial charge in [0.2, 0.25) is 5.91 Å². The van der Waals surface area contributed by atoms with Crippen molar-refractivity contribution in [2.45, 2.75) is 33.4 Å². The number of primary amides is 1. The number of benzene rings is 1. The van der Waals surface area contributed by atoms with Gasteiger partial charge in [-0.25, -0.2) is 0 Å². The second-order valence-electron chi connectivity index (χ2n) is 5.03. The van der Waals surface area contributed by atoms with Crippen molar-refractivity contribution in [3.63, 3.8) is 0 Å². The lowest BCUT2D eigenvalue weighted by molar-refractivity contribution is 0.100. The minimum absolute atomic E-state index is 0.316. The summed E-state index contributed by atoms with van der Waals surface area (Å²) < 4.78 is 0. The zero-order valence-electron chi connectivity index (χ0n) is 12.1. The van der Waals surface area contributed by atoms with Gasteiger partial charge in [0.15, 0.2) is 0 Å². The first-order chi connectivity index (χ1) is 9.47. The van der Waals surface area contributed by atoms with Gasteiger partial charge < -0.3 is 11.1 Å². The quantitative estimate of drug-likeness (QED) is 0.887. The molecule has 3 N–H and O–H groups in total. The SMILES string of the molecule is Cc1cc(C(C)NCc2ccc(C(N)=O)cc2)c(C)s1. The second kappa shape index (κ2) is 6.20. The van der Waals surface area contributed by atoms with Gasteiger partial charge in [0.25, 0.3) is 0 Å². The molecule has 0 aliphatic carbocycles. The number of nitrogens with two attached hydrogens (primary N) is 1. The van der Waals surface area contributed by atoms with Crippen molar-refractivity contribution in [3.05, 3.63) is 56.8 Å². The maximum atomic E-state index is 11.0. The summed E-state index contributed by atoms with van der Waals surface area (Å²) in [4.78, 5) is 13.7. The van der Waals surface area contributed by atoms with Gasteiger partial charge in [0, 0.05) is 27.9 Å². The van der Waals surface area contributed by atoms with Gasteiger partial charge in [0.05, 0.1) is 0 Å². The molecule has 1 aromatic heterocycles. The largest absolute Gasteiger partial charge is 0.366 e. The summed E-state index contributed by atoms with van der Waals surface area (Å²) in [6.45, 7) is 7.24.